The average molecular weight is 272 g/mol. The van der Waals surface area contributed by atoms with E-state index < -0.39 is 11.6 Å². The Morgan fingerprint density at radius 3 is 2.53 bits per heavy atom. The van der Waals surface area contributed by atoms with Crippen LogP contribution in [0.25, 0.3) is 11.4 Å². The third kappa shape index (κ3) is 2.15. The smallest absolute Gasteiger partial charge is 0.200 e. The summed E-state index contributed by atoms with van der Waals surface area (Å²) in [5.41, 5.74) is 0.400. The maximum absolute atomic E-state index is 12.9. The van der Waals surface area contributed by atoms with Crippen molar-refractivity contribution < 1.29 is 8.78 Å². The molecule has 2 rings (SSSR count). The van der Waals surface area contributed by atoms with Gasteiger partial charge in [-0.1, -0.05) is 0 Å². The Morgan fingerprint density at radius 2 is 1.87 bits per heavy atom. The second-order valence-corrected chi connectivity index (χ2v) is 3.42. The van der Waals surface area contributed by atoms with Gasteiger partial charge in [0, 0.05) is 5.56 Å². The quantitative estimate of drug-likeness (QED) is 0.800. The Labute approximate surface area is 92.3 Å². The van der Waals surface area contributed by atoms with E-state index in [2.05, 4.69) is 30.9 Å². The monoisotopic (exact) mass is 271 g/mol. The molecular formula is C9H4BrF2N3. The number of rotatable bonds is 1. The maximum Gasteiger partial charge on any atom is 0.200 e. The molecule has 0 N–H and O–H groups in total. The molecule has 0 saturated heterocycles. The molecule has 0 fully saturated rings. The van der Waals surface area contributed by atoms with E-state index in [1.807, 2.05) is 0 Å². The lowest BCUT2D eigenvalue weighted by atomic mass is 10.2. The molecule has 0 aliphatic carbocycles. The third-order valence-corrected chi connectivity index (χ3v) is 2.10. The van der Waals surface area contributed by atoms with Crippen molar-refractivity contribution in [3.8, 4) is 11.4 Å². The molecule has 1 aromatic carbocycles. The van der Waals surface area contributed by atoms with Crippen molar-refractivity contribution in [1.82, 2.24) is 15.0 Å². The number of aromatic nitrogens is 3. The van der Waals surface area contributed by atoms with Crippen LogP contribution < -0.4 is 0 Å². The third-order valence-electron chi connectivity index (χ3n) is 1.72. The van der Waals surface area contributed by atoms with Crippen LogP contribution in [0.15, 0.2) is 29.3 Å². The number of hydrogen-bond acceptors (Lipinski definition) is 3. The first kappa shape index (κ1) is 10.1. The van der Waals surface area contributed by atoms with Crippen LogP contribution in [0.3, 0.4) is 0 Å². The van der Waals surface area contributed by atoms with Gasteiger partial charge in [0.25, 0.3) is 0 Å². The maximum atomic E-state index is 12.9. The SMILES string of the molecule is Fc1ccc(-c2ncnc(Br)n2)cc1F. The van der Waals surface area contributed by atoms with Crippen molar-refractivity contribution in [1.29, 1.82) is 0 Å². The summed E-state index contributed by atoms with van der Waals surface area (Å²) in [5.74, 6) is -1.54. The predicted molar refractivity (Wildman–Crippen MR) is 52.9 cm³/mol. The summed E-state index contributed by atoms with van der Waals surface area (Å²) in [7, 11) is 0. The highest BCUT2D eigenvalue weighted by Crippen LogP contribution is 2.18. The van der Waals surface area contributed by atoms with E-state index in [0.29, 0.717) is 10.3 Å². The van der Waals surface area contributed by atoms with Gasteiger partial charge in [-0.05, 0) is 34.1 Å². The summed E-state index contributed by atoms with van der Waals surface area (Å²) in [6, 6.07) is 3.47. The van der Waals surface area contributed by atoms with Gasteiger partial charge in [-0.25, -0.2) is 23.7 Å². The topological polar surface area (TPSA) is 38.7 Å². The van der Waals surface area contributed by atoms with Crippen LogP contribution in [-0.4, -0.2) is 15.0 Å². The van der Waals surface area contributed by atoms with Gasteiger partial charge in [0.05, 0.1) is 0 Å². The van der Waals surface area contributed by atoms with Crippen LogP contribution in [0.4, 0.5) is 8.78 Å². The van der Waals surface area contributed by atoms with Crippen molar-refractivity contribution in [2.75, 3.05) is 0 Å². The van der Waals surface area contributed by atoms with Crippen LogP contribution in [-0.2, 0) is 0 Å². The summed E-state index contributed by atoms with van der Waals surface area (Å²) >= 11 is 3.06. The van der Waals surface area contributed by atoms with Gasteiger partial charge in [0.2, 0.25) is 0 Å². The molecule has 0 atom stereocenters. The van der Waals surface area contributed by atoms with E-state index in [9.17, 15) is 8.78 Å². The van der Waals surface area contributed by atoms with E-state index >= 15 is 0 Å². The zero-order chi connectivity index (χ0) is 10.8. The second kappa shape index (κ2) is 3.98. The largest absolute Gasteiger partial charge is 0.216 e. The molecule has 0 spiro atoms. The average Bonchev–Trinajstić information content (AvgIpc) is 2.22. The number of hydrogen-bond donors (Lipinski definition) is 0. The molecule has 0 radical (unpaired) electrons. The lowest BCUT2D eigenvalue weighted by molar-refractivity contribution is 0.509. The molecule has 3 nitrogen and oxygen atoms in total. The predicted octanol–water partition coefficient (Wildman–Crippen LogP) is 2.58. The summed E-state index contributed by atoms with van der Waals surface area (Å²) < 4.78 is 25.9. The Kier molecular flexibility index (Phi) is 2.68. The van der Waals surface area contributed by atoms with Crippen LogP contribution in [0.2, 0.25) is 0 Å². The van der Waals surface area contributed by atoms with E-state index in [-0.39, 0.29) is 5.82 Å². The molecule has 6 heteroatoms. The highest BCUT2D eigenvalue weighted by molar-refractivity contribution is 9.10. The number of halogens is 3. The first-order valence-corrected chi connectivity index (χ1v) is 4.76. The summed E-state index contributed by atoms with van der Waals surface area (Å²) in [4.78, 5) is 11.5. The summed E-state index contributed by atoms with van der Waals surface area (Å²) in [6.45, 7) is 0. The van der Waals surface area contributed by atoms with Crippen LogP contribution in [0, 0.1) is 11.6 Å². The van der Waals surface area contributed by atoms with Gasteiger partial charge in [-0.15, -0.1) is 0 Å². The van der Waals surface area contributed by atoms with Crippen LogP contribution in [0.5, 0.6) is 0 Å². The van der Waals surface area contributed by atoms with Crippen molar-refractivity contribution in [2.45, 2.75) is 0 Å². The molecular weight excluding hydrogens is 268 g/mol. The molecule has 76 valence electrons. The summed E-state index contributed by atoms with van der Waals surface area (Å²) in [6.07, 6.45) is 1.29. The minimum Gasteiger partial charge on any atom is -0.216 e. The Bertz CT molecular complexity index is 504. The second-order valence-electron chi connectivity index (χ2n) is 2.71. The standard InChI is InChI=1S/C9H4BrF2N3/c10-9-14-4-13-8(15-9)5-1-2-6(11)7(12)3-5/h1-4H. The van der Waals surface area contributed by atoms with E-state index in [4.69, 9.17) is 0 Å². The van der Waals surface area contributed by atoms with E-state index in [0.717, 1.165) is 12.1 Å². The minimum absolute atomic E-state index is 0.288. The fraction of sp³-hybridized carbons (Fsp3) is 0. The normalized spacial score (nSPS) is 10.3. The van der Waals surface area contributed by atoms with E-state index in [1.165, 1.54) is 12.4 Å². The first-order chi connectivity index (χ1) is 7.16. The van der Waals surface area contributed by atoms with Crippen molar-refractivity contribution in [2.24, 2.45) is 0 Å². The van der Waals surface area contributed by atoms with Gasteiger partial charge < -0.3 is 0 Å². The van der Waals surface area contributed by atoms with Gasteiger partial charge >= 0.3 is 0 Å². The fourth-order valence-corrected chi connectivity index (χ4v) is 1.31. The minimum atomic E-state index is -0.927. The van der Waals surface area contributed by atoms with Crippen molar-refractivity contribution >= 4 is 15.9 Å². The Hall–Kier alpha value is -1.43. The Balaban J connectivity index is 2.50. The molecule has 15 heavy (non-hydrogen) atoms. The molecule has 0 bridgehead atoms. The number of benzene rings is 1. The molecule has 0 aliphatic heterocycles. The Morgan fingerprint density at radius 1 is 1.07 bits per heavy atom. The van der Waals surface area contributed by atoms with Crippen molar-refractivity contribution in [3.05, 3.63) is 40.9 Å². The van der Waals surface area contributed by atoms with Gasteiger partial charge in [-0.2, -0.15) is 0 Å². The zero-order valence-electron chi connectivity index (χ0n) is 7.28. The van der Waals surface area contributed by atoms with Crippen LogP contribution >= 0.6 is 15.9 Å². The van der Waals surface area contributed by atoms with Crippen molar-refractivity contribution in [3.63, 3.8) is 0 Å². The molecule has 0 aliphatic rings. The lowest BCUT2D eigenvalue weighted by Gasteiger charge is -2.00. The highest BCUT2D eigenvalue weighted by atomic mass is 79.9. The molecule has 1 aromatic heterocycles. The number of nitrogens with zero attached hydrogens (tertiary/aromatic N) is 3. The molecule has 1 heterocycles. The van der Waals surface area contributed by atoms with Gasteiger partial charge in [-0.3, -0.25) is 0 Å². The molecule has 2 aromatic rings. The first-order valence-electron chi connectivity index (χ1n) is 3.97. The molecule has 0 unspecified atom stereocenters. The zero-order valence-corrected chi connectivity index (χ0v) is 8.87. The van der Waals surface area contributed by atoms with Gasteiger partial charge in [0.15, 0.2) is 22.2 Å². The molecule has 0 amide bonds. The lowest BCUT2D eigenvalue weighted by Crippen LogP contribution is -1.93. The fourth-order valence-electron chi connectivity index (χ4n) is 1.05. The van der Waals surface area contributed by atoms with Crippen LogP contribution in [0.1, 0.15) is 0 Å². The van der Waals surface area contributed by atoms with Gasteiger partial charge in [0.1, 0.15) is 6.33 Å². The van der Waals surface area contributed by atoms with E-state index in [1.54, 1.807) is 0 Å². The molecule has 0 saturated carbocycles. The highest BCUT2D eigenvalue weighted by Gasteiger charge is 2.06. The summed E-state index contributed by atoms with van der Waals surface area (Å²) in [5, 5.41) is 0.